The fourth-order valence-corrected chi connectivity index (χ4v) is 1.69. The minimum absolute atomic E-state index is 0.0158. The number of nitrogens with zero attached hydrogens (tertiary/aromatic N) is 1. The standard InChI is InChI=1S/C12H11NO3/c1-2-8(14)7-13-10-6-4-3-5-9(10)11(15)12(13)16/h3-6H,2,7H2,1H3. The maximum Gasteiger partial charge on any atom is 0.299 e. The Hall–Kier alpha value is -1.97. The SMILES string of the molecule is CCC(=O)CN1C(=O)C(=O)c2ccccc21. The van der Waals surface area contributed by atoms with Gasteiger partial charge in [-0.05, 0) is 12.1 Å². The number of benzene rings is 1. The van der Waals surface area contributed by atoms with E-state index in [2.05, 4.69) is 0 Å². The normalized spacial score (nSPS) is 14.2. The number of para-hydroxylation sites is 1. The maximum absolute atomic E-state index is 11.6. The van der Waals surface area contributed by atoms with Crippen LogP contribution < -0.4 is 4.90 Å². The molecule has 4 nitrogen and oxygen atoms in total. The van der Waals surface area contributed by atoms with E-state index in [1.807, 2.05) is 0 Å². The number of Topliss-reactive ketones (excluding diaryl/α,β-unsaturated/α-hetero) is 2. The molecule has 0 aliphatic carbocycles. The van der Waals surface area contributed by atoms with Gasteiger partial charge >= 0.3 is 0 Å². The van der Waals surface area contributed by atoms with E-state index in [0.29, 0.717) is 17.7 Å². The Kier molecular flexibility index (Phi) is 2.56. The molecule has 0 saturated heterocycles. The summed E-state index contributed by atoms with van der Waals surface area (Å²) in [5.74, 6) is -1.19. The molecule has 0 unspecified atom stereocenters. The lowest BCUT2D eigenvalue weighted by Gasteiger charge is -2.14. The van der Waals surface area contributed by atoms with Crippen molar-refractivity contribution in [2.24, 2.45) is 0 Å². The Morgan fingerprint density at radius 3 is 2.62 bits per heavy atom. The highest BCUT2D eigenvalue weighted by atomic mass is 16.2. The number of carbonyl (C=O) groups is 3. The molecule has 0 saturated carbocycles. The zero-order chi connectivity index (χ0) is 11.7. The number of anilines is 1. The molecular formula is C12H11NO3. The fraction of sp³-hybridized carbons (Fsp3) is 0.250. The smallest absolute Gasteiger partial charge is 0.298 e. The van der Waals surface area contributed by atoms with Gasteiger partial charge in [0.15, 0.2) is 5.78 Å². The average Bonchev–Trinajstić information content (AvgIpc) is 2.55. The molecule has 16 heavy (non-hydrogen) atoms. The van der Waals surface area contributed by atoms with Crippen molar-refractivity contribution < 1.29 is 14.4 Å². The van der Waals surface area contributed by atoms with Gasteiger partial charge in [0, 0.05) is 6.42 Å². The average molecular weight is 217 g/mol. The molecule has 4 heteroatoms. The van der Waals surface area contributed by atoms with Crippen LogP contribution >= 0.6 is 0 Å². The van der Waals surface area contributed by atoms with Gasteiger partial charge in [0.25, 0.3) is 11.7 Å². The molecular weight excluding hydrogens is 206 g/mol. The van der Waals surface area contributed by atoms with Crippen LogP contribution in [0.1, 0.15) is 23.7 Å². The highest BCUT2D eigenvalue weighted by molar-refractivity contribution is 6.52. The van der Waals surface area contributed by atoms with Crippen LogP contribution in [0.15, 0.2) is 24.3 Å². The number of rotatable bonds is 3. The first kappa shape index (κ1) is 10.5. The summed E-state index contributed by atoms with van der Waals surface area (Å²) in [4.78, 5) is 35.8. The molecule has 1 heterocycles. The number of fused-ring (bicyclic) bond motifs is 1. The van der Waals surface area contributed by atoms with Crippen molar-refractivity contribution in [2.45, 2.75) is 13.3 Å². The molecule has 0 fully saturated rings. The Balaban J connectivity index is 2.37. The third kappa shape index (κ3) is 1.52. The lowest BCUT2D eigenvalue weighted by molar-refractivity contribution is -0.120. The summed E-state index contributed by atoms with van der Waals surface area (Å²) in [6.45, 7) is 1.72. The van der Waals surface area contributed by atoms with Crippen LogP contribution in [-0.2, 0) is 9.59 Å². The lowest BCUT2D eigenvalue weighted by Crippen LogP contribution is -2.34. The molecule has 0 radical (unpaired) electrons. The molecule has 1 aliphatic heterocycles. The van der Waals surface area contributed by atoms with Crippen molar-refractivity contribution in [2.75, 3.05) is 11.4 Å². The van der Waals surface area contributed by atoms with Crippen molar-refractivity contribution in [1.29, 1.82) is 0 Å². The predicted octanol–water partition coefficient (Wildman–Crippen LogP) is 1.20. The zero-order valence-electron chi connectivity index (χ0n) is 8.90. The number of hydrogen-bond acceptors (Lipinski definition) is 3. The second-order valence-corrected chi connectivity index (χ2v) is 3.63. The van der Waals surface area contributed by atoms with Crippen molar-refractivity contribution in [3.8, 4) is 0 Å². The molecule has 0 N–H and O–H groups in total. The Bertz CT molecular complexity index is 479. The van der Waals surface area contributed by atoms with Gasteiger partial charge in [-0.3, -0.25) is 19.3 Å². The van der Waals surface area contributed by atoms with Crippen molar-refractivity contribution >= 4 is 23.2 Å². The summed E-state index contributed by atoms with van der Waals surface area (Å²) in [6.07, 6.45) is 0.361. The monoisotopic (exact) mass is 217 g/mol. The van der Waals surface area contributed by atoms with E-state index in [1.165, 1.54) is 4.90 Å². The van der Waals surface area contributed by atoms with Crippen molar-refractivity contribution in [3.05, 3.63) is 29.8 Å². The highest BCUT2D eigenvalue weighted by Crippen LogP contribution is 2.28. The zero-order valence-corrected chi connectivity index (χ0v) is 8.90. The van der Waals surface area contributed by atoms with E-state index in [-0.39, 0.29) is 12.3 Å². The van der Waals surface area contributed by atoms with Crippen LogP contribution in [0, 0.1) is 0 Å². The van der Waals surface area contributed by atoms with E-state index in [0.717, 1.165) is 0 Å². The van der Waals surface area contributed by atoms with Crippen molar-refractivity contribution in [1.82, 2.24) is 0 Å². The molecule has 0 aromatic heterocycles. The lowest BCUT2D eigenvalue weighted by atomic mass is 10.1. The first-order chi connectivity index (χ1) is 7.65. The van der Waals surface area contributed by atoms with E-state index in [4.69, 9.17) is 0 Å². The number of carbonyl (C=O) groups excluding carboxylic acids is 3. The Morgan fingerprint density at radius 2 is 1.94 bits per heavy atom. The van der Waals surface area contributed by atoms with Crippen LogP contribution in [0.5, 0.6) is 0 Å². The highest BCUT2D eigenvalue weighted by Gasteiger charge is 2.35. The van der Waals surface area contributed by atoms with Crippen molar-refractivity contribution in [3.63, 3.8) is 0 Å². The van der Waals surface area contributed by atoms with Gasteiger partial charge in [-0.15, -0.1) is 0 Å². The number of ketones is 2. The summed E-state index contributed by atoms with van der Waals surface area (Å²) >= 11 is 0. The van der Waals surface area contributed by atoms with Crippen LogP contribution in [0.4, 0.5) is 5.69 Å². The molecule has 0 atom stereocenters. The summed E-state index contributed by atoms with van der Waals surface area (Å²) in [7, 11) is 0. The summed E-state index contributed by atoms with van der Waals surface area (Å²) in [5, 5.41) is 0. The van der Waals surface area contributed by atoms with Gasteiger partial charge in [-0.2, -0.15) is 0 Å². The molecule has 1 amide bonds. The minimum Gasteiger partial charge on any atom is -0.298 e. The van der Waals surface area contributed by atoms with Gasteiger partial charge in [0.2, 0.25) is 0 Å². The predicted molar refractivity (Wildman–Crippen MR) is 58.4 cm³/mol. The fourth-order valence-electron chi connectivity index (χ4n) is 1.69. The van der Waals surface area contributed by atoms with E-state index < -0.39 is 11.7 Å². The maximum atomic E-state index is 11.6. The second kappa shape index (κ2) is 3.89. The summed E-state index contributed by atoms with van der Waals surface area (Å²) in [6, 6.07) is 6.73. The molecule has 0 bridgehead atoms. The van der Waals surface area contributed by atoms with Gasteiger partial charge in [0.05, 0.1) is 17.8 Å². The first-order valence-electron chi connectivity index (χ1n) is 5.12. The Morgan fingerprint density at radius 1 is 1.25 bits per heavy atom. The van der Waals surface area contributed by atoms with Crippen LogP contribution in [0.3, 0.4) is 0 Å². The molecule has 82 valence electrons. The first-order valence-corrected chi connectivity index (χ1v) is 5.12. The third-order valence-electron chi connectivity index (χ3n) is 2.61. The van der Waals surface area contributed by atoms with Gasteiger partial charge in [-0.25, -0.2) is 0 Å². The molecule has 2 rings (SSSR count). The van der Waals surface area contributed by atoms with E-state index in [9.17, 15) is 14.4 Å². The van der Waals surface area contributed by atoms with Crippen LogP contribution in [-0.4, -0.2) is 24.0 Å². The van der Waals surface area contributed by atoms with Gasteiger partial charge in [0.1, 0.15) is 0 Å². The third-order valence-corrected chi connectivity index (χ3v) is 2.61. The van der Waals surface area contributed by atoms with Crippen LogP contribution in [0.25, 0.3) is 0 Å². The molecule has 0 spiro atoms. The number of amides is 1. The minimum atomic E-state index is -0.608. The van der Waals surface area contributed by atoms with E-state index in [1.54, 1.807) is 31.2 Å². The second-order valence-electron chi connectivity index (χ2n) is 3.63. The largest absolute Gasteiger partial charge is 0.299 e. The van der Waals surface area contributed by atoms with E-state index >= 15 is 0 Å². The van der Waals surface area contributed by atoms with Crippen LogP contribution in [0.2, 0.25) is 0 Å². The summed E-state index contributed by atoms with van der Waals surface area (Å²) < 4.78 is 0. The number of hydrogen-bond donors (Lipinski definition) is 0. The topological polar surface area (TPSA) is 54.5 Å². The summed E-state index contributed by atoms with van der Waals surface area (Å²) in [5.41, 5.74) is 0.927. The van der Waals surface area contributed by atoms with Gasteiger partial charge < -0.3 is 0 Å². The quantitative estimate of drug-likeness (QED) is 0.715. The Labute approximate surface area is 92.9 Å². The molecule has 1 aliphatic rings. The molecule has 1 aromatic rings. The molecule has 1 aromatic carbocycles. The van der Waals surface area contributed by atoms with Gasteiger partial charge in [-0.1, -0.05) is 19.1 Å².